The maximum absolute atomic E-state index is 5.88. The van der Waals surface area contributed by atoms with Crippen molar-refractivity contribution in [3.05, 3.63) is 33.8 Å². The fourth-order valence-electron chi connectivity index (χ4n) is 1.15. The number of nitrogen functional groups attached to an aromatic ring is 1. The van der Waals surface area contributed by atoms with Crippen LogP contribution in [0.3, 0.4) is 0 Å². The summed E-state index contributed by atoms with van der Waals surface area (Å²) in [6, 6.07) is 7.41. The molecule has 0 amide bonds. The zero-order valence-corrected chi connectivity index (χ0v) is 9.43. The van der Waals surface area contributed by atoms with Crippen molar-refractivity contribution in [1.82, 2.24) is 10.2 Å². The van der Waals surface area contributed by atoms with Crippen molar-refractivity contribution in [3.63, 3.8) is 0 Å². The standard InChI is InChI=1S/C9H7BrClN3/c10-6-3-5(1-2-7(6)11)8-4-9(12)14-13-8/h1-4H,(H3,12,13,14). The summed E-state index contributed by atoms with van der Waals surface area (Å²) < 4.78 is 0.852. The molecule has 0 aliphatic heterocycles. The van der Waals surface area contributed by atoms with Gasteiger partial charge in [-0.25, -0.2) is 0 Å². The molecule has 0 bridgehead atoms. The van der Waals surface area contributed by atoms with E-state index in [-0.39, 0.29) is 0 Å². The van der Waals surface area contributed by atoms with Gasteiger partial charge in [0.15, 0.2) is 0 Å². The minimum absolute atomic E-state index is 0.478. The minimum atomic E-state index is 0.478. The van der Waals surface area contributed by atoms with Gasteiger partial charge < -0.3 is 5.73 Å². The molecule has 1 aromatic heterocycles. The Hall–Kier alpha value is -1.00. The van der Waals surface area contributed by atoms with Crippen LogP contribution in [0.15, 0.2) is 28.7 Å². The molecule has 0 saturated carbocycles. The van der Waals surface area contributed by atoms with Crippen molar-refractivity contribution in [3.8, 4) is 11.3 Å². The van der Waals surface area contributed by atoms with E-state index in [1.807, 2.05) is 18.2 Å². The zero-order chi connectivity index (χ0) is 10.1. The Bertz CT molecular complexity index is 467. The van der Waals surface area contributed by atoms with Gasteiger partial charge >= 0.3 is 0 Å². The summed E-state index contributed by atoms with van der Waals surface area (Å²) in [6.07, 6.45) is 0. The first-order valence-corrected chi connectivity index (χ1v) is 5.10. The summed E-state index contributed by atoms with van der Waals surface area (Å²) in [6.45, 7) is 0. The Kier molecular flexibility index (Phi) is 2.48. The Morgan fingerprint density at radius 1 is 1.36 bits per heavy atom. The van der Waals surface area contributed by atoms with Gasteiger partial charge in [-0.05, 0) is 28.1 Å². The number of hydrogen-bond donors (Lipinski definition) is 2. The van der Waals surface area contributed by atoms with Crippen LogP contribution in [0.5, 0.6) is 0 Å². The quantitative estimate of drug-likeness (QED) is 0.838. The van der Waals surface area contributed by atoms with E-state index in [1.165, 1.54) is 0 Å². The smallest absolute Gasteiger partial charge is 0.145 e. The zero-order valence-electron chi connectivity index (χ0n) is 7.09. The molecule has 0 radical (unpaired) electrons. The maximum atomic E-state index is 5.88. The van der Waals surface area contributed by atoms with E-state index >= 15 is 0 Å². The lowest BCUT2D eigenvalue weighted by molar-refractivity contribution is 1.10. The van der Waals surface area contributed by atoms with Gasteiger partial charge in [0.1, 0.15) is 5.82 Å². The fourth-order valence-corrected chi connectivity index (χ4v) is 1.65. The number of anilines is 1. The lowest BCUT2D eigenvalue weighted by atomic mass is 10.1. The molecule has 0 spiro atoms. The number of hydrogen-bond acceptors (Lipinski definition) is 2. The number of nitrogens with two attached hydrogens (primary N) is 1. The van der Waals surface area contributed by atoms with Crippen LogP contribution in [-0.4, -0.2) is 10.2 Å². The second kappa shape index (κ2) is 3.63. The Morgan fingerprint density at radius 2 is 2.14 bits per heavy atom. The van der Waals surface area contributed by atoms with Crippen LogP contribution in [0.25, 0.3) is 11.3 Å². The number of aromatic amines is 1. The number of rotatable bonds is 1. The number of nitrogens with zero attached hydrogens (tertiary/aromatic N) is 1. The third-order valence-corrected chi connectivity index (χ3v) is 3.04. The van der Waals surface area contributed by atoms with Gasteiger partial charge in [0, 0.05) is 16.1 Å². The van der Waals surface area contributed by atoms with Crippen molar-refractivity contribution >= 4 is 33.3 Å². The normalized spacial score (nSPS) is 10.4. The third-order valence-electron chi connectivity index (χ3n) is 1.83. The van der Waals surface area contributed by atoms with Gasteiger partial charge in [-0.3, -0.25) is 5.10 Å². The van der Waals surface area contributed by atoms with Crippen molar-refractivity contribution in [2.45, 2.75) is 0 Å². The molecule has 1 heterocycles. The average molecular weight is 273 g/mol. The van der Waals surface area contributed by atoms with E-state index in [0.29, 0.717) is 10.8 Å². The van der Waals surface area contributed by atoms with Gasteiger partial charge in [-0.2, -0.15) is 5.10 Å². The Labute approximate surface area is 94.4 Å². The summed E-state index contributed by atoms with van der Waals surface area (Å²) in [7, 11) is 0. The first-order valence-electron chi connectivity index (χ1n) is 3.93. The molecular formula is C9H7BrClN3. The third kappa shape index (κ3) is 1.76. The molecule has 0 aliphatic carbocycles. The fraction of sp³-hybridized carbons (Fsp3) is 0. The Morgan fingerprint density at radius 3 is 2.71 bits per heavy atom. The molecule has 0 saturated heterocycles. The predicted octanol–water partition coefficient (Wildman–Crippen LogP) is 3.07. The lowest BCUT2D eigenvalue weighted by Crippen LogP contribution is -1.81. The van der Waals surface area contributed by atoms with Gasteiger partial charge in [0.05, 0.1) is 10.7 Å². The molecule has 0 atom stereocenters. The summed E-state index contributed by atoms with van der Waals surface area (Å²) in [4.78, 5) is 0. The molecule has 3 nitrogen and oxygen atoms in total. The number of halogens is 2. The van der Waals surface area contributed by atoms with Crippen molar-refractivity contribution < 1.29 is 0 Å². The van der Waals surface area contributed by atoms with Crippen LogP contribution in [0.4, 0.5) is 5.82 Å². The molecule has 2 aromatic rings. The number of aromatic nitrogens is 2. The summed E-state index contributed by atoms with van der Waals surface area (Å²) in [5.74, 6) is 0.478. The number of H-pyrrole nitrogens is 1. The molecule has 0 unspecified atom stereocenters. The van der Waals surface area contributed by atoms with Crippen molar-refractivity contribution in [1.29, 1.82) is 0 Å². The molecule has 5 heteroatoms. The summed E-state index contributed by atoms with van der Waals surface area (Å²) in [5.41, 5.74) is 7.37. The molecule has 0 aliphatic rings. The molecule has 3 N–H and O–H groups in total. The summed E-state index contributed by atoms with van der Waals surface area (Å²) in [5, 5.41) is 7.36. The van der Waals surface area contributed by atoms with Gasteiger partial charge in [0.2, 0.25) is 0 Å². The van der Waals surface area contributed by atoms with E-state index in [0.717, 1.165) is 15.7 Å². The van der Waals surface area contributed by atoms with Crippen LogP contribution in [0.2, 0.25) is 5.02 Å². The monoisotopic (exact) mass is 271 g/mol. The van der Waals surface area contributed by atoms with E-state index in [1.54, 1.807) is 6.07 Å². The highest BCUT2D eigenvalue weighted by molar-refractivity contribution is 9.10. The topological polar surface area (TPSA) is 54.7 Å². The van der Waals surface area contributed by atoms with E-state index in [4.69, 9.17) is 17.3 Å². The number of nitrogens with one attached hydrogen (secondary N) is 1. The lowest BCUT2D eigenvalue weighted by Gasteiger charge is -1.99. The highest BCUT2D eigenvalue weighted by atomic mass is 79.9. The van der Waals surface area contributed by atoms with E-state index < -0.39 is 0 Å². The SMILES string of the molecule is Nc1cc(-c2ccc(Cl)c(Br)c2)[nH]n1. The van der Waals surface area contributed by atoms with Crippen LogP contribution in [0.1, 0.15) is 0 Å². The first-order chi connectivity index (χ1) is 6.66. The second-order valence-corrected chi connectivity index (χ2v) is 4.10. The van der Waals surface area contributed by atoms with E-state index in [2.05, 4.69) is 26.1 Å². The second-order valence-electron chi connectivity index (χ2n) is 2.84. The first kappa shape index (κ1) is 9.55. The summed E-state index contributed by atoms with van der Waals surface area (Å²) >= 11 is 9.23. The molecule has 72 valence electrons. The van der Waals surface area contributed by atoms with Crippen LogP contribution in [-0.2, 0) is 0 Å². The highest BCUT2D eigenvalue weighted by Gasteiger charge is 2.03. The molecule has 0 fully saturated rings. The molecule has 2 rings (SSSR count). The molecule has 1 aromatic carbocycles. The van der Waals surface area contributed by atoms with Gasteiger partial charge in [0.25, 0.3) is 0 Å². The van der Waals surface area contributed by atoms with Crippen LogP contribution < -0.4 is 5.73 Å². The van der Waals surface area contributed by atoms with Crippen LogP contribution in [0, 0.1) is 0 Å². The predicted molar refractivity (Wildman–Crippen MR) is 61.1 cm³/mol. The number of benzene rings is 1. The van der Waals surface area contributed by atoms with E-state index in [9.17, 15) is 0 Å². The molecular weight excluding hydrogens is 265 g/mol. The highest BCUT2D eigenvalue weighted by Crippen LogP contribution is 2.28. The molecule has 14 heavy (non-hydrogen) atoms. The minimum Gasteiger partial charge on any atom is -0.382 e. The maximum Gasteiger partial charge on any atom is 0.145 e. The van der Waals surface area contributed by atoms with Crippen molar-refractivity contribution in [2.24, 2.45) is 0 Å². The van der Waals surface area contributed by atoms with Gasteiger partial charge in [-0.1, -0.05) is 17.7 Å². The largest absolute Gasteiger partial charge is 0.382 e. The van der Waals surface area contributed by atoms with Crippen LogP contribution >= 0.6 is 27.5 Å². The van der Waals surface area contributed by atoms with Gasteiger partial charge in [-0.15, -0.1) is 0 Å². The average Bonchev–Trinajstić information content (AvgIpc) is 2.57. The van der Waals surface area contributed by atoms with Crippen molar-refractivity contribution in [2.75, 3.05) is 5.73 Å². The Balaban J connectivity index is 2.47.